The SMILES string of the molecule is COc1cc(/C=C/C(=O)NC(C)C2CC2)ccc1OC(F)F. The number of nitrogens with one attached hydrogen (secondary N) is 1. The van der Waals surface area contributed by atoms with Gasteiger partial charge >= 0.3 is 6.61 Å². The third-order valence-electron chi connectivity index (χ3n) is 3.53. The molecule has 1 amide bonds. The number of carbonyl (C=O) groups excluding carboxylic acids is 1. The van der Waals surface area contributed by atoms with Gasteiger partial charge in [0.25, 0.3) is 0 Å². The van der Waals surface area contributed by atoms with Gasteiger partial charge in [0.15, 0.2) is 11.5 Å². The average molecular weight is 311 g/mol. The van der Waals surface area contributed by atoms with Crippen molar-refractivity contribution in [2.24, 2.45) is 5.92 Å². The molecule has 0 bridgehead atoms. The summed E-state index contributed by atoms with van der Waals surface area (Å²) in [6.45, 7) is -0.923. The van der Waals surface area contributed by atoms with E-state index in [-0.39, 0.29) is 23.4 Å². The van der Waals surface area contributed by atoms with E-state index in [2.05, 4.69) is 10.1 Å². The fourth-order valence-electron chi connectivity index (χ4n) is 2.14. The van der Waals surface area contributed by atoms with E-state index in [1.165, 1.54) is 25.3 Å². The van der Waals surface area contributed by atoms with Crippen LogP contribution in [-0.2, 0) is 4.79 Å². The number of halogens is 2. The maximum atomic E-state index is 12.2. The molecule has 120 valence electrons. The van der Waals surface area contributed by atoms with Gasteiger partial charge in [-0.2, -0.15) is 8.78 Å². The van der Waals surface area contributed by atoms with E-state index in [0.29, 0.717) is 11.5 Å². The smallest absolute Gasteiger partial charge is 0.387 e. The van der Waals surface area contributed by atoms with E-state index < -0.39 is 6.61 Å². The van der Waals surface area contributed by atoms with Crippen LogP contribution in [0.1, 0.15) is 25.3 Å². The Bertz CT molecular complexity index is 556. The molecular formula is C16H19F2NO3. The topological polar surface area (TPSA) is 47.6 Å². The van der Waals surface area contributed by atoms with Gasteiger partial charge in [-0.1, -0.05) is 6.07 Å². The Balaban J connectivity index is 1.99. The number of hydrogen-bond acceptors (Lipinski definition) is 3. The van der Waals surface area contributed by atoms with Crippen LogP contribution in [0.25, 0.3) is 6.08 Å². The molecule has 0 heterocycles. The Morgan fingerprint density at radius 2 is 2.09 bits per heavy atom. The standard InChI is InChI=1S/C16H19F2NO3/c1-10(12-5-6-12)19-15(20)8-4-11-3-7-13(22-16(17)18)14(9-11)21-2/h3-4,7-10,12,16H,5-6H2,1-2H3,(H,19,20)/b8-4+. The summed E-state index contributed by atoms with van der Waals surface area (Å²) in [4.78, 5) is 11.8. The highest BCUT2D eigenvalue weighted by atomic mass is 19.3. The zero-order valence-corrected chi connectivity index (χ0v) is 12.5. The molecule has 0 saturated heterocycles. The lowest BCUT2D eigenvalue weighted by Crippen LogP contribution is -2.32. The van der Waals surface area contributed by atoms with Crippen molar-refractivity contribution in [3.63, 3.8) is 0 Å². The molecule has 0 aromatic heterocycles. The van der Waals surface area contributed by atoms with Gasteiger partial charge in [0.05, 0.1) is 7.11 Å². The molecule has 0 radical (unpaired) electrons. The second kappa shape index (κ2) is 7.24. The van der Waals surface area contributed by atoms with E-state index >= 15 is 0 Å². The Morgan fingerprint density at radius 1 is 1.36 bits per heavy atom. The maximum Gasteiger partial charge on any atom is 0.387 e. The van der Waals surface area contributed by atoms with Gasteiger partial charge in [0, 0.05) is 12.1 Å². The predicted molar refractivity (Wildman–Crippen MR) is 79.0 cm³/mol. The molecule has 1 saturated carbocycles. The van der Waals surface area contributed by atoms with Crippen molar-refractivity contribution in [2.45, 2.75) is 32.4 Å². The molecule has 1 aliphatic carbocycles. The van der Waals surface area contributed by atoms with Gasteiger partial charge in [-0.3, -0.25) is 4.79 Å². The van der Waals surface area contributed by atoms with Crippen LogP contribution in [0.15, 0.2) is 24.3 Å². The molecule has 1 fully saturated rings. The summed E-state index contributed by atoms with van der Waals surface area (Å²) in [5, 5.41) is 2.90. The molecule has 1 aromatic carbocycles. The van der Waals surface area contributed by atoms with Crippen molar-refractivity contribution in [2.75, 3.05) is 7.11 Å². The predicted octanol–water partition coefficient (Wildman–Crippen LogP) is 3.22. The van der Waals surface area contributed by atoms with Gasteiger partial charge in [-0.25, -0.2) is 0 Å². The van der Waals surface area contributed by atoms with Crippen molar-refractivity contribution >= 4 is 12.0 Å². The van der Waals surface area contributed by atoms with E-state index in [0.717, 1.165) is 12.8 Å². The van der Waals surface area contributed by atoms with E-state index in [1.807, 2.05) is 6.92 Å². The van der Waals surface area contributed by atoms with E-state index in [4.69, 9.17) is 4.74 Å². The highest BCUT2D eigenvalue weighted by Crippen LogP contribution is 2.32. The second-order valence-electron chi connectivity index (χ2n) is 5.26. The van der Waals surface area contributed by atoms with Gasteiger partial charge in [-0.15, -0.1) is 0 Å². The largest absolute Gasteiger partial charge is 0.493 e. The minimum Gasteiger partial charge on any atom is -0.493 e. The second-order valence-corrected chi connectivity index (χ2v) is 5.26. The first-order valence-electron chi connectivity index (χ1n) is 7.11. The first kappa shape index (κ1) is 16.3. The normalized spacial score (nSPS) is 15.9. The van der Waals surface area contributed by atoms with Crippen LogP contribution in [0, 0.1) is 5.92 Å². The molecule has 1 N–H and O–H groups in total. The number of alkyl halides is 2. The van der Waals surface area contributed by atoms with Crippen molar-refractivity contribution in [3.8, 4) is 11.5 Å². The number of carbonyl (C=O) groups is 1. The fourth-order valence-corrected chi connectivity index (χ4v) is 2.14. The number of rotatable bonds is 7. The summed E-state index contributed by atoms with van der Waals surface area (Å²) in [5.41, 5.74) is 0.660. The lowest BCUT2D eigenvalue weighted by atomic mass is 10.1. The summed E-state index contributed by atoms with van der Waals surface area (Å²) in [6.07, 6.45) is 5.34. The van der Waals surface area contributed by atoms with Crippen molar-refractivity contribution in [3.05, 3.63) is 29.8 Å². The van der Waals surface area contributed by atoms with Crippen LogP contribution in [0.4, 0.5) is 8.78 Å². The highest BCUT2D eigenvalue weighted by Gasteiger charge is 2.28. The Kier molecular flexibility index (Phi) is 5.35. The summed E-state index contributed by atoms with van der Waals surface area (Å²) in [6, 6.07) is 4.67. The average Bonchev–Trinajstić information content (AvgIpc) is 3.30. The van der Waals surface area contributed by atoms with Gasteiger partial charge in [0.1, 0.15) is 0 Å². The summed E-state index contributed by atoms with van der Waals surface area (Å²) in [5.74, 6) is 0.560. The van der Waals surface area contributed by atoms with Crippen molar-refractivity contribution in [1.29, 1.82) is 0 Å². The van der Waals surface area contributed by atoms with Gasteiger partial charge in [-0.05, 0) is 49.5 Å². The molecule has 0 spiro atoms. The van der Waals surface area contributed by atoms with Crippen LogP contribution < -0.4 is 14.8 Å². The molecule has 2 rings (SSSR count). The van der Waals surface area contributed by atoms with Crippen molar-refractivity contribution in [1.82, 2.24) is 5.32 Å². The van der Waals surface area contributed by atoms with Crippen molar-refractivity contribution < 1.29 is 23.0 Å². The van der Waals surface area contributed by atoms with Gasteiger partial charge in [0.2, 0.25) is 5.91 Å². The zero-order chi connectivity index (χ0) is 16.1. The van der Waals surface area contributed by atoms with Crippen LogP contribution >= 0.6 is 0 Å². The number of amides is 1. The number of methoxy groups -OCH3 is 1. The Labute approximate surface area is 128 Å². The molecule has 22 heavy (non-hydrogen) atoms. The number of hydrogen-bond donors (Lipinski definition) is 1. The Hall–Kier alpha value is -2.11. The minimum absolute atomic E-state index is 0.0403. The third kappa shape index (κ3) is 4.72. The van der Waals surface area contributed by atoms with E-state index in [9.17, 15) is 13.6 Å². The maximum absolute atomic E-state index is 12.2. The highest BCUT2D eigenvalue weighted by molar-refractivity contribution is 5.92. The number of ether oxygens (including phenoxy) is 2. The van der Waals surface area contributed by atoms with Crippen LogP contribution in [0.5, 0.6) is 11.5 Å². The molecule has 6 heteroatoms. The lowest BCUT2D eigenvalue weighted by molar-refractivity contribution is -0.117. The number of benzene rings is 1. The summed E-state index contributed by atoms with van der Waals surface area (Å²) in [7, 11) is 1.37. The lowest BCUT2D eigenvalue weighted by Gasteiger charge is -2.11. The summed E-state index contributed by atoms with van der Waals surface area (Å²) >= 11 is 0. The minimum atomic E-state index is -2.91. The molecule has 1 aromatic rings. The molecule has 4 nitrogen and oxygen atoms in total. The molecule has 1 atom stereocenters. The van der Waals surface area contributed by atoms with Crippen LogP contribution in [0.3, 0.4) is 0 Å². The molecular weight excluding hydrogens is 292 g/mol. The van der Waals surface area contributed by atoms with Gasteiger partial charge < -0.3 is 14.8 Å². The molecule has 0 aliphatic heterocycles. The summed E-state index contributed by atoms with van der Waals surface area (Å²) < 4.78 is 33.8. The third-order valence-corrected chi connectivity index (χ3v) is 3.53. The van der Waals surface area contributed by atoms with E-state index in [1.54, 1.807) is 12.1 Å². The first-order valence-corrected chi connectivity index (χ1v) is 7.11. The fraction of sp³-hybridized carbons (Fsp3) is 0.438. The zero-order valence-electron chi connectivity index (χ0n) is 12.5. The molecule has 1 unspecified atom stereocenters. The monoisotopic (exact) mass is 311 g/mol. The molecule has 1 aliphatic rings. The van der Waals surface area contributed by atoms with Crippen LogP contribution in [-0.4, -0.2) is 25.7 Å². The first-order chi connectivity index (χ1) is 10.5. The Morgan fingerprint density at radius 3 is 2.68 bits per heavy atom. The quantitative estimate of drug-likeness (QED) is 0.787. The van der Waals surface area contributed by atoms with Crippen LogP contribution in [0.2, 0.25) is 0 Å².